The Hall–Kier alpha value is -2.80. The van der Waals surface area contributed by atoms with Gasteiger partial charge in [0.1, 0.15) is 5.75 Å². The molecule has 29 heavy (non-hydrogen) atoms. The average Bonchev–Trinajstić information content (AvgIpc) is 3.38. The minimum absolute atomic E-state index is 0.0952. The molecule has 1 aliphatic rings. The van der Waals surface area contributed by atoms with Crippen LogP contribution in [0.4, 0.5) is 0 Å². The Morgan fingerprint density at radius 3 is 2.62 bits per heavy atom. The molecular weight excluding hydrogens is 388 g/mol. The maximum atomic E-state index is 13.2. The molecule has 0 spiro atoms. The van der Waals surface area contributed by atoms with E-state index in [-0.39, 0.29) is 4.90 Å². The van der Waals surface area contributed by atoms with Gasteiger partial charge in [-0.25, -0.2) is 13.1 Å². The fourth-order valence-electron chi connectivity index (χ4n) is 3.82. The van der Waals surface area contributed by atoms with E-state index in [1.807, 2.05) is 45.0 Å². The van der Waals surface area contributed by atoms with Crippen LogP contribution in [-0.4, -0.2) is 25.9 Å². The second-order valence-corrected chi connectivity index (χ2v) is 9.27. The highest BCUT2D eigenvalue weighted by Crippen LogP contribution is 2.52. The fourth-order valence-corrected chi connectivity index (χ4v) is 5.08. The number of hydrogen-bond donors (Lipinski definition) is 2. The van der Waals surface area contributed by atoms with E-state index in [4.69, 9.17) is 4.74 Å². The molecule has 1 heterocycles. The molecule has 2 N–H and O–H groups in total. The standard InChI is InChI=1S/C22H24N2O4S/c1-4-28-19-9-8-14(2)12-17(19)22(10-11-22)21(25)24-29(26,27)20-7-5-6-18-16(20)13-15(3)23-18/h5-9,12-13,23H,4,10-11H2,1-3H3,(H,24,25). The molecule has 0 aliphatic heterocycles. The van der Waals surface area contributed by atoms with Crippen LogP contribution in [0.1, 0.15) is 36.6 Å². The second-order valence-electron chi connectivity index (χ2n) is 7.62. The number of H-pyrrole nitrogens is 1. The van der Waals surface area contributed by atoms with Crippen molar-refractivity contribution in [2.24, 2.45) is 0 Å². The lowest BCUT2D eigenvalue weighted by atomic mass is 9.93. The molecule has 0 radical (unpaired) electrons. The number of carbonyl (C=O) groups is 1. The molecule has 0 unspecified atom stereocenters. The van der Waals surface area contributed by atoms with Gasteiger partial charge >= 0.3 is 0 Å². The number of amides is 1. The van der Waals surface area contributed by atoms with E-state index in [0.29, 0.717) is 30.6 Å². The summed E-state index contributed by atoms with van der Waals surface area (Å²) in [4.78, 5) is 16.4. The van der Waals surface area contributed by atoms with Gasteiger partial charge in [0.15, 0.2) is 0 Å². The molecule has 7 heteroatoms. The van der Waals surface area contributed by atoms with Crippen LogP contribution >= 0.6 is 0 Å². The average molecular weight is 413 g/mol. The molecule has 1 amide bonds. The van der Waals surface area contributed by atoms with Crippen molar-refractivity contribution in [3.8, 4) is 5.75 Å². The molecule has 0 bridgehead atoms. The van der Waals surface area contributed by atoms with Crippen molar-refractivity contribution >= 4 is 26.8 Å². The Morgan fingerprint density at radius 1 is 1.17 bits per heavy atom. The van der Waals surface area contributed by atoms with E-state index >= 15 is 0 Å². The first-order valence-corrected chi connectivity index (χ1v) is 11.1. The summed E-state index contributed by atoms with van der Waals surface area (Å²) >= 11 is 0. The number of sulfonamides is 1. The Bertz CT molecular complexity index is 1210. The van der Waals surface area contributed by atoms with E-state index in [2.05, 4.69) is 9.71 Å². The second kappa shape index (κ2) is 6.91. The van der Waals surface area contributed by atoms with E-state index in [1.165, 1.54) is 6.07 Å². The zero-order chi connectivity index (χ0) is 20.8. The Kier molecular flexibility index (Phi) is 4.65. The first-order valence-electron chi connectivity index (χ1n) is 9.66. The number of hydrogen-bond acceptors (Lipinski definition) is 4. The topological polar surface area (TPSA) is 88.3 Å². The van der Waals surface area contributed by atoms with Gasteiger partial charge in [0.25, 0.3) is 10.0 Å². The fraction of sp³-hybridized carbons (Fsp3) is 0.318. The van der Waals surface area contributed by atoms with Gasteiger partial charge in [0.05, 0.1) is 16.9 Å². The number of aryl methyl sites for hydroxylation is 2. The summed E-state index contributed by atoms with van der Waals surface area (Å²) < 4.78 is 34.2. The van der Waals surface area contributed by atoms with Crippen LogP contribution in [0.2, 0.25) is 0 Å². The van der Waals surface area contributed by atoms with Crippen LogP contribution in [0.25, 0.3) is 10.9 Å². The molecule has 152 valence electrons. The normalized spacial score (nSPS) is 15.3. The summed E-state index contributed by atoms with van der Waals surface area (Å²) in [6.07, 6.45) is 1.18. The number of fused-ring (bicyclic) bond motifs is 1. The van der Waals surface area contributed by atoms with Crippen molar-refractivity contribution < 1.29 is 17.9 Å². The van der Waals surface area contributed by atoms with Crippen LogP contribution in [0.15, 0.2) is 47.4 Å². The third-order valence-electron chi connectivity index (χ3n) is 5.41. The van der Waals surface area contributed by atoms with Crippen molar-refractivity contribution in [1.82, 2.24) is 9.71 Å². The van der Waals surface area contributed by atoms with Crippen LogP contribution in [0, 0.1) is 13.8 Å². The summed E-state index contributed by atoms with van der Waals surface area (Å²) in [5.74, 6) is 0.125. The molecular formula is C22H24N2O4S. The smallest absolute Gasteiger partial charge is 0.264 e. The van der Waals surface area contributed by atoms with Crippen LogP contribution in [-0.2, 0) is 20.2 Å². The summed E-state index contributed by atoms with van der Waals surface area (Å²) in [6, 6.07) is 12.5. The first-order chi connectivity index (χ1) is 13.8. The molecule has 2 aromatic carbocycles. The van der Waals surface area contributed by atoms with Gasteiger partial charge in [-0.3, -0.25) is 4.79 Å². The van der Waals surface area contributed by atoms with Crippen molar-refractivity contribution in [2.75, 3.05) is 6.61 Å². The number of aromatic amines is 1. The predicted molar refractivity (Wildman–Crippen MR) is 112 cm³/mol. The predicted octanol–water partition coefficient (Wildman–Crippen LogP) is 3.72. The number of nitrogens with one attached hydrogen (secondary N) is 2. The van der Waals surface area contributed by atoms with Crippen molar-refractivity contribution in [1.29, 1.82) is 0 Å². The molecule has 6 nitrogen and oxygen atoms in total. The lowest BCUT2D eigenvalue weighted by Crippen LogP contribution is -2.39. The lowest BCUT2D eigenvalue weighted by Gasteiger charge is -2.20. The number of benzene rings is 2. The number of ether oxygens (including phenoxy) is 1. The van der Waals surface area contributed by atoms with Gasteiger partial charge in [-0.15, -0.1) is 0 Å². The van der Waals surface area contributed by atoms with Gasteiger partial charge in [-0.05, 0) is 57.9 Å². The van der Waals surface area contributed by atoms with E-state index in [0.717, 1.165) is 22.3 Å². The third-order valence-corrected chi connectivity index (χ3v) is 6.80. The SMILES string of the molecule is CCOc1ccc(C)cc1C1(C(=O)NS(=O)(=O)c2cccc3[nH]c(C)cc23)CC1. The maximum Gasteiger partial charge on any atom is 0.264 e. The minimum Gasteiger partial charge on any atom is -0.494 e. The maximum absolute atomic E-state index is 13.2. The van der Waals surface area contributed by atoms with E-state index < -0.39 is 21.3 Å². The summed E-state index contributed by atoms with van der Waals surface area (Å²) in [5, 5.41) is 0.570. The third kappa shape index (κ3) is 3.40. The number of aromatic nitrogens is 1. The van der Waals surface area contributed by atoms with Gasteiger partial charge in [-0.2, -0.15) is 0 Å². The highest BCUT2D eigenvalue weighted by Gasteiger charge is 2.54. The number of carbonyl (C=O) groups excluding carboxylic acids is 1. The number of rotatable bonds is 6. The van der Waals surface area contributed by atoms with Crippen molar-refractivity contribution in [2.45, 2.75) is 43.9 Å². The summed E-state index contributed by atoms with van der Waals surface area (Å²) in [5.41, 5.74) is 2.46. The van der Waals surface area contributed by atoms with Crippen LogP contribution in [0.3, 0.4) is 0 Å². The summed E-state index contributed by atoms with van der Waals surface area (Å²) in [6.45, 7) is 6.16. The van der Waals surface area contributed by atoms with Gasteiger partial charge in [-0.1, -0.05) is 23.8 Å². The molecule has 1 saturated carbocycles. The van der Waals surface area contributed by atoms with E-state index in [1.54, 1.807) is 12.1 Å². The summed E-state index contributed by atoms with van der Waals surface area (Å²) in [7, 11) is -4.02. The monoisotopic (exact) mass is 412 g/mol. The van der Waals surface area contributed by atoms with Crippen molar-refractivity contribution in [3.05, 3.63) is 59.3 Å². The molecule has 4 rings (SSSR count). The molecule has 1 aromatic heterocycles. The van der Waals surface area contributed by atoms with Crippen molar-refractivity contribution in [3.63, 3.8) is 0 Å². The van der Waals surface area contributed by atoms with E-state index in [9.17, 15) is 13.2 Å². The van der Waals surface area contributed by atoms with Gasteiger partial charge in [0.2, 0.25) is 5.91 Å². The zero-order valence-corrected chi connectivity index (χ0v) is 17.5. The molecule has 1 aliphatic carbocycles. The Morgan fingerprint density at radius 2 is 1.93 bits per heavy atom. The van der Waals surface area contributed by atoms with Gasteiger partial charge in [0, 0.05) is 22.2 Å². The van der Waals surface area contributed by atoms with Gasteiger partial charge < -0.3 is 9.72 Å². The zero-order valence-electron chi connectivity index (χ0n) is 16.7. The Labute approximate surface area is 170 Å². The largest absolute Gasteiger partial charge is 0.494 e. The van der Waals surface area contributed by atoms with Crippen LogP contribution in [0.5, 0.6) is 5.75 Å². The highest BCUT2D eigenvalue weighted by molar-refractivity contribution is 7.90. The lowest BCUT2D eigenvalue weighted by molar-refractivity contribution is -0.121. The Balaban J connectivity index is 1.70. The molecule has 1 fully saturated rings. The molecule has 0 atom stereocenters. The minimum atomic E-state index is -4.02. The first kappa shape index (κ1) is 19.5. The van der Waals surface area contributed by atoms with Crippen LogP contribution < -0.4 is 9.46 Å². The highest BCUT2D eigenvalue weighted by atomic mass is 32.2. The molecule has 3 aromatic rings. The quantitative estimate of drug-likeness (QED) is 0.646. The molecule has 0 saturated heterocycles.